The molecule has 20 heavy (non-hydrogen) atoms. The fourth-order valence-electron chi connectivity index (χ4n) is 2.38. The van der Waals surface area contributed by atoms with Gasteiger partial charge in [0.2, 0.25) is 0 Å². The largest absolute Gasteiger partial charge is 0.377 e. The molecule has 0 atom stereocenters. The predicted octanol–water partition coefficient (Wildman–Crippen LogP) is 2.42. The van der Waals surface area contributed by atoms with Gasteiger partial charge in [-0.05, 0) is 31.8 Å². The quantitative estimate of drug-likeness (QED) is 0.818. The minimum Gasteiger partial charge on any atom is -0.377 e. The fraction of sp³-hybridized carbons (Fsp3) is 0.714. The summed E-state index contributed by atoms with van der Waals surface area (Å²) in [6.07, 6.45) is 2.61. The van der Waals surface area contributed by atoms with Crippen LogP contribution < -0.4 is 5.32 Å². The number of ether oxygens (including phenoxy) is 1. The van der Waals surface area contributed by atoms with Gasteiger partial charge >= 0.3 is 0 Å². The van der Waals surface area contributed by atoms with Crippen LogP contribution in [-0.2, 0) is 11.3 Å². The SMILES string of the molecule is COCc1nc(Cl)cc(NCCN2CCC(C)CC2)n1. The van der Waals surface area contributed by atoms with E-state index in [-0.39, 0.29) is 0 Å². The molecule has 0 aliphatic carbocycles. The third-order valence-electron chi connectivity index (χ3n) is 3.63. The zero-order valence-electron chi connectivity index (χ0n) is 12.2. The van der Waals surface area contributed by atoms with Crippen molar-refractivity contribution in [3.8, 4) is 0 Å². The summed E-state index contributed by atoms with van der Waals surface area (Å²) in [5.41, 5.74) is 0. The number of hydrogen-bond donors (Lipinski definition) is 1. The van der Waals surface area contributed by atoms with Crippen molar-refractivity contribution in [2.45, 2.75) is 26.4 Å². The third-order valence-corrected chi connectivity index (χ3v) is 3.82. The second kappa shape index (κ2) is 7.76. The van der Waals surface area contributed by atoms with Gasteiger partial charge in [0.05, 0.1) is 0 Å². The van der Waals surface area contributed by atoms with E-state index < -0.39 is 0 Å². The Bertz CT molecular complexity index is 422. The van der Waals surface area contributed by atoms with Gasteiger partial charge in [-0.3, -0.25) is 0 Å². The average Bonchev–Trinajstić information content (AvgIpc) is 2.41. The number of anilines is 1. The molecule has 0 radical (unpaired) electrons. The van der Waals surface area contributed by atoms with Gasteiger partial charge < -0.3 is 15.0 Å². The highest BCUT2D eigenvalue weighted by atomic mass is 35.5. The molecule has 0 aromatic carbocycles. The Labute approximate surface area is 125 Å². The van der Waals surface area contributed by atoms with Gasteiger partial charge in [0.15, 0.2) is 5.82 Å². The van der Waals surface area contributed by atoms with Crippen LogP contribution in [0.2, 0.25) is 5.15 Å². The normalized spacial score (nSPS) is 17.4. The maximum atomic E-state index is 5.97. The van der Waals surface area contributed by atoms with Crippen LogP contribution in [0.4, 0.5) is 5.82 Å². The number of hydrogen-bond acceptors (Lipinski definition) is 5. The Kier molecular flexibility index (Phi) is 6.01. The first-order chi connectivity index (χ1) is 9.67. The van der Waals surface area contributed by atoms with Crippen LogP contribution in [-0.4, -0.2) is 48.2 Å². The van der Waals surface area contributed by atoms with E-state index in [0.717, 1.165) is 24.8 Å². The van der Waals surface area contributed by atoms with Gasteiger partial charge in [-0.1, -0.05) is 18.5 Å². The van der Waals surface area contributed by atoms with Gasteiger partial charge in [0.1, 0.15) is 17.6 Å². The van der Waals surface area contributed by atoms with Crippen molar-refractivity contribution >= 4 is 17.4 Å². The van der Waals surface area contributed by atoms with Crippen molar-refractivity contribution < 1.29 is 4.74 Å². The number of rotatable bonds is 6. The smallest absolute Gasteiger partial charge is 0.158 e. The number of likely N-dealkylation sites (tertiary alicyclic amines) is 1. The third kappa shape index (κ3) is 4.89. The number of piperidine rings is 1. The van der Waals surface area contributed by atoms with Crippen molar-refractivity contribution in [1.29, 1.82) is 0 Å². The molecule has 1 fully saturated rings. The maximum absolute atomic E-state index is 5.97. The molecule has 1 N–H and O–H groups in total. The second-order valence-electron chi connectivity index (χ2n) is 5.38. The van der Waals surface area contributed by atoms with Crippen LogP contribution in [0.5, 0.6) is 0 Å². The Morgan fingerprint density at radius 3 is 2.85 bits per heavy atom. The van der Waals surface area contributed by atoms with Crippen molar-refractivity contribution in [2.24, 2.45) is 5.92 Å². The van der Waals surface area contributed by atoms with Crippen LogP contribution in [0, 0.1) is 5.92 Å². The number of methoxy groups -OCH3 is 1. The van der Waals surface area contributed by atoms with E-state index in [1.165, 1.54) is 25.9 Å². The summed E-state index contributed by atoms with van der Waals surface area (Å²) in [6.45, 7) is 7.00. The lowest BCUT2D eigenvalue weighted by Gasteiger charge is -2.30. The Morgan fingerprint density at radius 1 is 1.40 bits per heavy atom. The predicted molar refractivity (Wildman–Crippen MR) is 81.1 cm³/mol. The van der Waals surface area contributed by atoms with Gasteiger partial charge in [-0.25, -0.2) is 9.97 Å². The summed E-state index contributed by atoms with van der Waals surface area (Å²) in [7, 11) is 1.62. The van der Waals surface area contributed by atoms with Crippen LogP contribution in [0.15, 0.2) is 6.07 Å². The van der Waals surface area contributed by atoms with Crippen molar-refractivity contribution in [3.05, 3.63) is 17.0 Å². The topological polar surface area (TPSA) is 50.3 Å². The van der Waals surface area contributed by atoms with Crippen LogP contribution >= 0.6 is 11.6 Å². The molecule has 1 aromatic rings. The molecule has 0 saturated carbocycles. The molecular formula is C14H23ClN4O. The standard InChI is InChI=1S/C14H23ClN4O/c1-11-3-6-19(7-4-11)8-5-16-13-9-12(15)17-14(18-13)10-20-2/h9,11H,3-8,10H2,1-2H3,(H,16,17,18). The molecule has 6 heteroatoms. The molecule has 0 amide bonds. The van der Waals surface area contributed by atoms with Gasteiger partial charge in [-0.15, -0.1) is 0 Å². The first-order valence-corrected chi connectivity index (χ1v) is 7.54. The fourth-order valence-corrected chi connectivity index (χ4v) is 2.58. The summed E-state index contributed by atoms with van der Waals surface area (Å²) in [6, 6.07) is 1.75. The highest BCUT2D eigenvalue weighted by molar-refractivity contribution is 6.29. The minimum atomic E-state index is 0.374. The molecule has 2 heterocycles. The summed E-state index contributed by atoms with van der Waals surface area (Å²) in [5, 5.41) is 3.76. The van der Waals surface area contributed by atoms with E-state index in [0.29, 0.717) is 17.6 Å². The van der Waals surface area contributed by atoms with E-state index >= 15 is 0 Å². The first kappa shape index (κ1) is 15.5. The van der Waals surface area contributed by atoms with Gasteiger partial charge in [0, 0.05) is 26.3 Å². The van der Waals surface area contributed by atoms with E-state index in [2.05, 4.69) is 27.1 Å². The maximum Gasteiger partial charge on any atom is 0.158 e. The van der Waals surface area contributed by atoms with Crippen molar-refractivity contribution in [2.75, 3.05) is 38.6 Å². The average molecular weight is 299 g/mol. The lowest BCUT2D eigenvalue weighted by Crippen LogP contribution is -2.36. The Hall–Kier alpha value is -0.910. The molecule has 0 bridgehead atoms. The van der Waals surface area contributed by atoms with Crippen LogP contribution in [0.25, 0.3) is 0 Å². The molecule has 5 nitrogen and oxygen atoms in total. The monoisotopic (exact) mass is 298 g/mol. The van der Waals surface area contributed by atoms with E-state index in [4.69, 9.17) is 16.3 Å². The molecule has 0 unspecified atom stereocenters. The zero-order chi connectivity index (χ0) is 14.4. The molecule has 0 spiro atoms. The highest BCUT2D eigenvalue weighted by Gasteiger charge is 2.14. The summed E-state index contributed by atoms with van der Waals surface area (Å²) >= 11 is 5.97. The van der Waals surface area contributed by atoms with Crippen LogP contribution in [0.3, 0.4) is 0 Å². The van der Waals surface area contributed by atoms with E-state index in [9.17, 15) is 0 Å². The molecular weight excluding hydrogens is 276 g/mol. The van der Waals surface area contributed by atoms with E-state index in [1.54, 1.807) is 13.2 Å². The summed E-state index contributed by atoms with van der Waals surface area (Å²) < 4.78 is 5.03. The van der Waals surface area contributed by atoms with Crippen LogP contribution in [0.1, 0.15) is 25.6 Å². The Balaban J connectivity index is 1.78. The minimum absolute atomic E-state index is 0.374. The zero-order valence-corrected chi connectivity index (χ0v) is 13.0. The lowest BCUT2D eigenvalue weighted by atomic mass is 9.99. The molecule has 1 saturated heterocycles. The molecule has 1 aromatic heterocycles. The van der Waals surface area contributed by atoms with Crippen molar-refractivity contribution in [1.82, 2.24) is 14.9 Å². The molecule has 112 valence electrons. The summed E-state index contributed by atoms with van der Waals surface area (Å²) in [5.74, 6) is 2.24. The second-order valence-corrected chi connectivity index (χ2v) is 5.76. The number of nitrogens with one attached hydrogen (secondary N) is 1. The first-order valence-electron chi connectivity index (χ1n) is 7.16. The number of nitrogens with zero attached hydrogens (tertiary/aromatic N) is 3. The van der Waals surface area contributed by atoms with E-state index in [1.807, 2.05) is 0 Å². The Morgan fingerprint density at radius 2 is 2.15 bits per heavy atom. The lowest BCUT2D eigenvalue weighted by molar-refractivity contribution is 0.178. The summed E-state index contributed by atoms with van der Waals surface area (Å²) in [4.78, 5) is 11.0. The molecule has 2 rings (SSSR count). The van der Waals surface area contributed by atoms with Gasteiger partial charge in [0.25, 0.3) is 0 Å². The number of halogens is 1. The number of aromatic nitrogens is 2. The van der Waals surface area contributed by atoms with Gasteiger partial charge in [-0.2, -0.15) is 0 Å². The molecule has 1 aliphatic rings. The van der Waals surface area contributed by atoms with Crippen molar-refractivity contribution in [3.63, 3.8) is 0 Å². The highest BCUT2D eigenvalue weighted by Crippen LogP contribution is 2.16. The molecule has 1 aliphatic heterocycles.